The first kappa shape index (κ1) is 19.2. The van der Waals surface area contributed by atoms with Crippen LogP contribution in [-0.4, -0.2) is 57.0 Å². The Morgan fingerprint density at radius 2 is 1.56 bits per heavy atom. The Morgan fingerprint density at radius 1 is 0.926 bits per heavy atom. The van der Waals surface area contributed by atoms with Crippen LogP contribution in [0.3, 0.4) is 0 Å². The van der Waals surface area contributed by atoms with Gasteiger partial charge in [-0.2, -0.15) is 0 Å². The van der Waals surface area contributed by atoms with Gasteiger partial charge in [-0.05, 0) is 36.8 Å². The molecule has 0 unspecified atom stereocenters. The number of methoxy groups -OCH3 is 2. The van der Waals surface area contributed by atoms with E-state index in [4.69, 9.17) is 14.2 Å². The SMILES string of the molecule is CCOc1ccccc1N1CCN(Cc2cc(OC)c(O)c(OC)c2)CC1. The minimum absolute atomic E-state index is 0.0427. The molecule has 2 aromatic rings. The number of nitrogens with zero attached hydrogens (tertiary/aromatic N) is 2. The monoisotopic (exact) mass is 372 g/mol. The van der Waals surface area contributed by atoms with Gasteiger partial charge in [0.15, 0.2) is 11.5 Å². The Morgan fingerprint density at radius 3 is 2.15 bits per heavy atom. The van der Waals surface area contributed by atoms with Crippen LogP contribution in [0.1, 0.15) is 12.5 Å². The molecule has 1 N–H and O–H groups in total. The van der Waals surface area contributed by atoms with Crippen molar-refractivity contribution in [2.45, 2.75) is 13.5 Å². The van der Waals surface area contributed by atoms with Gasteiger partial charge < -0.3 is 24.2 Å². The number of hydrogen-bond acceptors (Lipinski definition) is 6. The molecule has 27 heavy (non-hydrogen) atoms. The van der Waals surface area contributed by atoms with Gasteiger partial charge in [-0.15, -0.1) is 0 Å². The molecule has 1 aliphatic heterocycles. The van der Waals surface area contributed by atoms with Gasteiger partial charge in [-0.3, -0.25) is 4.90 Å². The lowest BCUT2D eigenvalue weighted by atomic mass is 10.1. The second-order valence-electron chi connectivity index (χ2n) is 6.51. The molecular weight excluding hydrogens is 344 g/mol. The minimum atomic E-state index is 0.0427. The molecule has 0 aromatic heterocycles. The molecule has 0 amide bonds. The fourth-order valence-electron chi connectivity index (χ4n) is 3.44. The number of hydrogen-bond donors (Lipinski definition) is 1. The van der Waals surface area contributed by atoms with E-state index in [2.05, 4.69) is 21.9 Å². The largest absolute Gasteiger partial charge is 0.502 e. The molecule has 0 saturated carbocycles. The van der Waals surface area contributed by atoms with E-state index in [0.717, 1.165) is 49.7 Å². The molecular formula is C21H28N2O4. The van der Waals surface area contributed by atoms with Crippen molar-refractivity contribution in [1.82, 2.24) is 4.90 Å². The van der Waals surface area contributed by atoms with Crippen LogP contribution >= 0.6 is 0 Å². The Kier molecular flexibility index (Phi) is 6.29. The van der Waals surface area contributed by atoms with Crippen LogP contribution in [0.15, 0.2) is 36.4 Å². The summed E-state index contributed by atoms with van der Waals surface area (Å²) in [7, 11) is 3.10. The molecule has 1 heterocycles. The van der Waals surface area contributed by atoms with Crippen LogP contribution in [-0.2, 0) is 6.54 Å². The second kappa shape index (κ2) is 8.86. The first-order valence-corrected chi connectivity index (χ1v) is 9.29. The summed E-state index contributed by atoms with van der Waals surface area (Å²) in [6.07, 6.45) is 0. The third-order valence-electron chi connectivity index (χ3n) is 4.82. The lowest BCUT2D eigenvalue weighted by Crippen LogP contribution is -2.46. The number of anilines is 1. The summed E-state index contributed by atoms with van der Waals surface area (Å²) in [6.45, 7) is 7.25. The first-order chi connectivity index (χ1) is 13.2. The Hall–Kier alpha value is -2.60. The third-order valence-corrected chi connectivity index (χ3v) is 4.82. The lowest BCUT2D eigenvalue weighted by molar-refractivity contribution is 0.247. The molecule has 146 valence electrons. The average molecular weight is 372 g/mol. The summed E-state index contributed by atoms with van der Waals surface area (Å²) < 4.78 is 16.3. The van der Waals surface area contributed by atoms with Gasteiger partial charge in [-0.25, -0.2) is 0 Å². The number of phenols is 1. The van der Waals surface area contributed by atoms with Crippen LogP contribution in [0.2, 0.25) is 0 Å². The van der Waals surface area contributed by atoms with Crippen molar-refractivity contribution in [2.75, 3.05) is 51.9 Å². The number of para-hydroxylation sites is 2. The van der Waals surface area contributed by atoms with Crippen LogP contribution in [0.25, 0.3) is 0 Å². The first-order valence-electron chi connectivity index (χ1n) is 9.29. The van der Waals surface area contributed by atoms with Crippen molar-refractivity contribution in [2.24, 2.45) is 0 Å². The smallest absolute Gasteiger partial charge is 0.200 e. The third kappa shape index (κ3) is 4.39. The molecule has 0 atom stereocenters. The summed E-state index contributed by atoms with van der Waals surface area (Å²) in [5, 5.41) is 10.1. The predicted molar refractivity (Wildman–Crippen MR) is 106 cm³/mol. The number of piperazine rings is 1. The average Bonchev–Trinajstić information content (AvgIpc) is 2.70. The van der Waals surface area contributed by atoms with Crippen LogP contribution in [0, 0.1) is 0 Å². The van der Waals surface area contributed by atoms with Crippen molar-refractivity contribution in [3.63, 3.8) is 0 Å². The highest BCUT2D eigenvalue weighted by atomic mass is 16.5. The van der Waals surface area contributed by atoms with Gasteiger partial charge >= 0.3 is 0 Å². The molecule has 0 aliphatic carbocycles. The molecule has 2 aromatic carbocycles. The van der Waals surface area contributed by atoms with E-state index in [9.17, 15) is 5.11 Å². The topological polar surface area (TPSA) is 54.4 Å². The molecule has 1 saturated heterocycles. The van der Waals surface area contributed by atoms with Crippen molar-refractivity contribution >= 4 is 5.69 Å². The van der Waals surface area contributed by atoms with Gasteiger partial charge in [0.2, 0.25) is 5.75 Å². The molecule has 6 nitrogen and oxygen atoms in total. The van der Waals surface area contributed by atoms with Crippen LogP contribution in [0.5, 0.6) is 23.0 Å². The van der Waals surface area contributed by atoms with Gasteiger partial charge in [0.05, 0.1) is 26.5 Å². The molecule has 3 rings (SSSR count). The molecule has 0 radical (unpaired) electrons. The summed E-state index contributed by atoms with van der Waals surface area (Å²) in [5.74, 6) is 1.87. The summed E-state index contributed by atoms with van der Waals surface area (Å²) >= 11 is 0. The normalized spacial score (nSPS) is 14.9. The van der Waals surface area contributed by atoms with E-state index in [1.165, 1.54) is 0 Å². The van der Waals surface area contributed by atoms with E-state index >= 15 is 0 Å². The number of ether oxygens (including phenoxy) is 3. The van der Waals surface area contributed by atoms with E-state index in [1.807, 2.05) is 31.2 Å². The highest BCUT2D eigenvalue weighted by Crippen LogP contribution is 2.37. The molecule has 6 heteroatoms. The van der Waals surface area contributed by atoms with Crippen LogP contribution in [0.4, 0.5) is 5.69 Å². The zero-order valence-corrected chi connectivity index (χ0v) is 16.3. The van der Waals surface area contributed by atoms with E-state index in [-0.39, 0.29) is 5.75 Å². The Bertz CT molecular complexity index is 733. The van der Waals surface area contributed by atoms with E-state index in [1.54, 1.807) is 14.2 Å². The summed E-state index contributed by atoms with van der Waals surface area (Å²) in [5.41, 5.74) is 2.22. The summed E-state index contributed by atoms with van der Waals surface area (Å²) in [4.78, 5) is 4.77. The molecule has 0 bridgehead atoms. The highest BCUT2D eigenvalue weighted by Gasteiger charge is 2.21. The molecule has 1 aliphatic rings. The van der Waals surface area contributed by atoms with Crippen molar-refractivity contribution in [1.29, 1.82) is 0 Å². The molecule has 1 fully saturated rings. The maximum atomic E-state index is 10.1. The fraction of sp³-hybridized carbons (Fsp3) is 0.429. The zero-order valence-electron chi connectivity index (χ0n) is 16.3. The van der Waals surface area contributed by atoms with Crippen molar-refractivity contribution < 1.29 is 19.3 Å². The lowest BCUT2D eigenvalue weighted by Gasteiger charge is -2.36. The number of phenolic OH excluding ortho intramolecular Hbond substituents is 1. The molecule has 0 spiro atoms. The number of benzene rings is 2. The van der Waals surface area contributed by atoms with Gasteiger partial charge in [-0.1, -0.05) is 12.1 Å². The number of aromatic hydroxyl groups is 1. The fourth-order valence-corrected chi connectivity index (χ4v) is 3.44. The van der Waals surface area contributed by atoms with Crippen molar-refractivity contribution in [3.8, 4) is 23.0 Å². The quantitative estimate of drug-likeness (QED) is 0.806. The highest BCUT2D eigenvalue weighted by molar-refractivity contribution is 5.58. The van der Waals surface area contributed by atoms with Gasteiger partial charge in [0.25, 0.3) is 0 Å². The predicted octanol–water partition coefficient (Wildman–Crippen LogP) is 3.13. The maximum absolute atomic E-state index is 10.1. The second-order valence-corrected chi connectivity index (χ2v) is 6.51. The Balaban J connectivity index is 1.65. The van der Waals surface area contributed by atoms with Crippen LogP contribution < -0.4 is 19.1 Å². The van der Waals surface area contributed by atoms with Gasteiger partial charge in [0, 0.05) is 32.7 Å². The van der Waals surface area contributed by atoms with Crippen molar-refractivity contribution in [3.05, 3.63) is 42.0 Å². The van der Waals surface area contributed by atoms with E-state index in [0.29, 0.717) is 18.1 Å². The van der Waals surface area contributed by atoms with Gasteiger partial charge in [0.1, 0.15) is 5.75 Å². The Labute approximate surface area is 160 Å². The van der Waals surface area contributed by atoms with E-state index < -0.39 is 0 Å². The zero-order chi connectivity index (χ0) is 19.2. The standard InChI is InChI=1S/C21H28N2O4/c1-4-27-18-8-6-5-7-17(18)23-11-9-22(10-12-23)15-16-13-19(25-2)21(24)20(14-16)26-3/h5-8,13-14,24H,4,9-12,15H2,1-3H3. The maximum Gasteiger partial charge on any atom is 0.200 e. The number of rotatable bonds is 7. The minimum Gasteiger partial charge on any atom is -0.502 e. The summed E-state index contributed by atoms with van der Waals surface area (Å²) in [6, 6.07) is 12.0.